The molecule has 0 atom stereocenters. The predicted molar refractivity (Wildman–Crippen MR) is 47.7 cm³/mol. The van der Waals surface area contributed by atoms with E-state index in [-0.39, 0.29) is 12.4 Å². The monoisotopic (exact) mass is 273 g/mol. The SMILES string of the molecule is O=Cc1cc(S(=O)(=O)Cl)cc(C(F)(F)F)n1. The van der Waals surface area contributed by atoms with Crippen LogP contribution in [0.5, 0.6) is 0 Å². The normalized spacial score (nSPS) is 12.5. The fraction of sp³-hybridized carbons (Fsp3) is 0.143. The van der Waals surface area contributed by atoms with Gasteiger partial charge in [-0.2, -0.15) is 13.2 Å². The van der Waals surface area contributed by atoms with E-state index in [1.807, 2.05) is 0 Å². The highest BCUT2D eigenvalue weighted by molar-refractivity contribution is 8.13. The smallest absolute Gasteiger partial charge is 0.296 e. The fourth-order valence-corrected chi connectivity index (χ4v) is 1.65. The predicted octanol–water partition coefficient (Wildman–Crippen LogP) is 1.84. The van der Waals surface area contributed by atoms with Gasteiger partial charge in [-0.1, -0.05) is 0 Å². The summed E-state index contributed by atoms with van der Waals surface area (Å²) in [5.41, 5.74) is -2.15. The Balaban J connectivity index is 3.51. The van der Waals surface area contributed by atoms with Crippen molar-refractivity contribution in [3.05, 3.63) is 23.5 Å². The van der Waals surface area contributed by atoms with Crippen LogP contribution in [-0.4, -0.2) is 19.7 Å². The third-order valence-corrected chi connectivity index (χ3v) is 2.84. The molecule has 0 unspecified atom stereocenters. The third kappa shape index (κ3) is 2.92. The number of aldehydes is 1. The molecule has 16 heavy (non-hydrogen) atoms. The first kappa shape index (κ1) is 12.9. The Kier molecular flexibility index (Phi) is 3.25. The van der Waals surface area contributed by atoms with Crippen molar-refractivity contribution in [1.82, 2.24) is 4.98 Å². The molecule has 1 aromatic heterocycles. The summed E-state index contributed by atoms with van der Waals surface area (Å²) in [6, 6.07) is 0.917. The number of carbonyl (C=O) groups excluding carboxylic acids is 1. The van der Waals surface area contributed by atoms with E-state index < -0.39 is 31.5 Å². The van der Waals surface area contributed by atoms with Crippen LogP contribution in [0, 0.1) is 0 Å². The third-order valence-electron chi connectivity index (χ3n) is 1.51. The van der Waals surface area contributed by atoms with Crippen molar-refractivity contribution in [3.8, 4) is 0 Å². The van der Waals surface area contributed by atoms with Crippen LogP contribution in [0.4, 0.5) is 13.2 Å². The number of pyridine rings is 1. The lowest BCUT2D eigenvalue weighted by Gasteiger charge is -2.07. The highest BCUT2D eigenvalue weighted by Crippen LogP contribution is 2.30. The van der Waals surface area contributed by atoms with Crippen molar-refractivity contribution in [1.29, 1.82) is 0 Å². The van der Waals surface area contributed by atoms with Crippen LogP contribution in [0.1, 0.15) is 16.2 Å². The van der Waals surface area contributed by atoms with Gasteiger partial charge in [0, 0.05) is 10.7 Å². The average molecular weight is 274 g/mol. The Hall–Kier alpha value is -1.15. The minimum atomic E-state index is -4.85. The Labute approximate surface area is 92.5 Å². The van der Waals surface area contributed by atoms with Crippen molar-refractivity contribution in [2.24, 2.45) is 0 Å². The maximum Gasteiger partial charge on any atom is 0.433 e. The Bertz CT molecular complexity index is 526. The van der Waals surface area contributed by atoms with Gasteiger partial charge in [0.15, 0.2) is 6.29 Å². The van der Waals surface area contributed by atoms with Gasteiger partial charge >= 0.3 is 6.18 Å². The van der Waals surface area contributed by atoms with Crippen molar-refractivity contribution < 1.29 is 26.4 Å². The van der Waals surface area contributed by atoms with Gasteiger partial charge in [0.1, 0.15) is 11.4 Å². The molecule has 0 fully saturated rings. The molecule has 0 bridgehead atoms. The van der Waals surface area contributed by atoms with Crippen LogP contribution in [-0.2, 0) is 15.2 Å². The molecule has 1 rings (SSSR count). The van der Waals surface area contributed by atoms with Gasteiger partial charge in [-0.3, -0.25) is 4.79 Å². The van der Waals surface area contributed by atoms with E-state index in [4.69, 9.17) is 10.7 Å². The topological polar surface area (TPSA) is 64.1 Å². The number of aromatic nitrogens is 1. The molecule has 4 nitrogen and oxygen atoms in total. The maximum atomic E-state index is 12.3. The number of nitrogens with zero attached hydrogens (tertiary/aromatic N) is 1. The number of rotatable bonds is 2. The van der Waals surface area contributed by atoms with Crippen LogP contribution in [0.3, 0.4) is 0 Å². The number of carbonyl (C=O) groups is 1. The summed E-state index contributed by atoms with van der Waals surface area (Å²) in [5, 5.41) is 0. The minimum Gasteiger partial charge on any atom is -0.296 e. The lowest BCUT2D eigenvalue weighted by molar-refractivity contribution is -0.141. The van der Waals surface area contributed by atoms with Gasteiger partial charge in [0.2, 0.25) is 0 Å². The molecule has 1 heterocycles. The van der Waals surface area contributed by atoms with Crippen LogP contribution in [0.15, 0.2) is 17.0 Å². The Morgan fingerprint density at radius 1 is 1.31 bits per heavy atom. The van der Waals surface area contributed by atoms with E-state index in [9.17, 15) is 26.4 Å². The van der Waals surface area contributed by atoms with Gasteiger partial charge < -0.3 is 0 Å². The van der Waals surface area contributed by atoms with E-state index >= 15 is 0 Å². The van der Waals surface area contributed by atoms with E-state index in [1.54, 1.807) is 0 Å². The zero-order chi connectivity index (χ0) is 12.6. The summed E-state index contributed by atoms with van der Waals surface area (Å²) in [6.45, 7) is 0. The molecular weight excluding hydrogens is 271 g/mol. The minimum absolute atomic E-state index is 0.000802. The summed E-state index contributed by atoms with van der Waals surface area (Å²) in [5.74, 6) is 0. The Morgan fingerprint density at radius 3 is 2.25 bits per heavy atom. The van der Waals surface area contributed by atoms with Crippen molar-refractivity contribution >= 4 is 26.0 Å². The second-order valence-electron chi connectivity index (χ2n) is 2.67. The summed E-state index contributed by atoms with van der Waals surface area (Å²) >= 11 is 0. The molecule has 0 saturated carbocycles. The molecule has 0 amide bonds. The van der Waals surface area contributed by atoms with Gasteiger partial charge in [-0.25, -0.2) is 13.4 Å². The zero-order valence-corrected chi connectivity index (χ0v) is 8.90. The molecule has 0 spiro atoms. The molecule has 88 valence electrons. The van der Waals surface area contributed by atoms with Crippen molar-refractivity contribution in [2.75, 3.05) is 0 Å². The molecule has 0 aliphatic rings. The fourth-order valence-electron chi connectivity index (χ4n) is 0.872. The summed E-state index contributed by atoms with van der Waals surface area (Å²) in [4.78, 5) is 12.4. The molecule has 1 aromatic rings. The second kappa shape index (κ2) is 4.02. The van der Waals surface area contributed by atoms with E-state index in [0.29, 0.717) is 6.07 Å². The van der Waals surface area contributed by atoms with E-state index in [0.717, 1.165) is 0 Å². The zero-order valence-electron chi connectivity index (χ0n) is 7.32. The molecule has 0 aromatic carbocycles. The first-order valence-electron chi connectivity index (χ1n) is 3.63. The van der Waals surface area contributed by atoms with Crippen LogP contribution >= 0.6 is 10.7 Å². The molecule has 0 N–H and O–H groups in total. The molecule has 0 aliphatic heterocycles. The largest absolute Gasteiger partial charge is 0.433 e. The lowest BCUT2D eigenvalue weighted by Crippen LogP contribution is -2.11. The second-order valence-corrected chi connectivity index (χ2v) is 5.23. The van der Waals surface area contributed by atoms with E-state index in [1.165, 1.54) is 0 Å². The maximum absolute atomic E-state index is 12.3. The standard InChI is InChI=1S/C7H3ClF3NO3S/c8-16(14,15)5-1-4(3-13)12-6(2-5)7(9,10)11/h1-3H. The quantitative estimate of drug-likeness (QED) is 0.609. The molecule has 0 aliphatic carbocycles. The summed E-state index contributed by atoms with van der Waals surface area (Å²) in [7, 11) is 0.526. The molecular formula is C7H3ClF3NO3S. The van der Waals surface area contributed by atoms with Gasteiger partial charge in [0.05, 0.1) is 4.90 Å². The molecule has 0 radical (unpaired) electrons. The first-order valence-corrected chi connectivity index (χ1v) is 5.94. The van der Waals surface area contributed by atoms with Crippen molar-refractivity contribution in [3.63, 3.8) is 0 Å². The van der Waals surface area contributed by atoms with Gasteiger partial charge in [-0.15, -0.1) is 0 Å². The summed E-state index contributed by atoms with van der Waals surface area (Å²) < 4.78 is 58.4. The number of hydrogen-bond donors (Lipinski definition) is 0. The van der Waals surface area contributed by atoms with Gasteiger partial charge in [0.25, 0.3) is 9.05 Å². The van der Waals surface area contributed by atoms with Crippen LogP contribution in [0.25, 0.3) is 0 Å². The van der Waals surface area contributed by atoms with Gasteiger partial charge in [-0.05, 0) is 12.1 Å². The molecule has 9 heteroatoms. The first-order chi connectivity index (χ1) is 7.14. The van der Waals surface area contributed by atoms with Crippen LogP contribution < -0.4 is 0 Å². The Morgan fingerprint density at radius 2 is 1.88 bits per heavy atom. The van der Waals surface area contributed by atoms with Crippen molar-refractivity contribution in [2.45, 2.75) is 11.1 Å². The molecule has 0 saturated heterocycles. The number of alkyl halides is 3. The highest BCUT2D eigenvalue weighted by Gasteiger charge is 2.34. The summed E-state index contributed by atoms with van der Waals surface area (Å²) in [6.07, 6.45) is -4.85. The van der Waals surface area contributed by atoms with E-state index in [2.05, 4.69) is 4.98 Å². The van der Waals surface area contributed by atoms with Crippen LogP contribution in [0.2, 0.25) is 0 Å². The average Bonchev–Trinajstić information content (AvgIpc) is 2.14. The number of hydrogen-bond acceptors (Lipinski definition) is 4. The highest BCUT2D eigenvalue weighted by atomic mass is 35.7. The number of halogens is 4. The lowest BCUT2D eigenvalue weighted by atomic mass is 10.3.